The second kappa shape index (κ2) is 8.70. The Hall–Kier alpha value is -2.56. The van der Waals surface area contributed by atoms with Crippen LogP contribution in [0, 0.1) is 0 Å². The van der Waals surface area contributed by atoms with Crippen LogP contribution in [0.25, 0.3) is 0 Å². The first kappa shape index (κ1) is 18.2. The molecular formula is C21H28N4O. The van der Waals surface area contributed by atoms with Crippen molar-refractivity contribution in [3.05, 3.63) is 53.7 Å². The first-order valence-corrected chi connectivity index (χ1v) is 9.46. The molecule has 0 spiro atoms. The van der Waals surface area contributed by atoms with Crippen molar-refractivity contribution in [2.24, 2.45) is 0 Å². The van der Waals surface area contributed by atoms with Crippen LogP contribution in [0.15, 0.2) is 42.6 Å². The van der Waals surface area contributed by atoms with Gasteiger partial charge in [-0.3, -0.25) is 4.79 Å². The van der Waals surface area contributed by atoms with Crippen LogP contribution in [0.2, 0.25) is 0 Å². The third-order valence-electron chi connectivity index (χ3n) is 4.99. The van der Waals surface area contributed by atoms with Crippen LogP contribution in [-0.2, 0) is 6.54 Å². The maximum absolute atomic E-state index is 12.4. The molecule has 1 fully saturated rings. The fourth-order valence-electron chi connectivity index (χ4n) is 3.20. The van der Waals surface area contributed by atoms with Crippen molar-refractivity contribution in [2.75, 3.05) is 36.5 Å². The van der Waals surface area contributed by atoms with Gasteiger partial charge in [0.05, 0.1) is 0 Å². The molecule has 1 saturated heterocycles. The number of carbonyl (C=O) groups excluding carboxylic acids is 1. The second-order valence-corrected chi connectivity index (χ2v) is 6.81. The number of amides is 1. The molecule has 5 nitrogen and oxygen atoms in total. The fourth-order valence-corrected chi connectivity index (χ4v) is 3.20. The summed E-state index contributed by atoms with van der Waals surface area (Å²) in [5.41, 5.74) is 2.88. The Morgan fingerprint density at radius 2 is 1.88 bits per heavy atom. The molecule has 0 radical (unpaired) electrons. The molecule has 1 aromatic heterocycles. The molecule has 0 bridgehead atoms. The largest absolute Gasteiger partial charge is 0.375 e. The van der Waals surface area contributed by atoms with E-state index in [4.69, 9.17) is 0 Å². The van der Waals surface area contributed by atoms with E-state index in [0.717, 1.165) is 36.7 Å². The van der Waals surface area contributed by atoms with Gasteiger partial charge in [0.1, 0.15) is 5.82 Å². The summed E-state index contributed by atoms with van der Waals surface area (Å²) >= 11 is 0. The molecule has 1 N–H and O–H groups in total. The minimum atomic E-state index is -0.0490. The van der Waals surface area contributed by atoms with Crippen LogP contribution in [0.4, 0.5) is 11.5 Å². The Labute approximate surface area is 156 Å². The van der Waals surface area contributed by atoms with E-state index in [1.54, 1.807) is 0 Å². The van der Waals surface area contributed by atoms with Crippen molar-refractivity contribution in [2.45, 2.75) is 32.7 Å². The van der Waals surface area contributed by atoms with Crippen molar-refractivity contribution < 1.29 is 4.79 Å². The number of hydrogen-bond acceptors (Lipinski definition) is 4. The first-order chi connectivity index (χ1) is 12.7. The lowest BCUT2D eigenvalue weighted by Crippen LogP contribution is -2.30. The zero-order valence-electron chi connectivity index (χ0n) is 15.7. The summed E-state index contributed by atoms with van der Waals surface area (Å²) in [4.78, 5) is 21.4. The number of aromatic nitrogens is 1. The van der Waals surface area contributed by atoms with Crippen LogP contribution >= 0.6 is 0 Å². The predicted molar refractivity (Wildman–Crippen MR) is 107 cm³/mol. The quantitative estimate of drug-likeness (QED) is 0.865. The third-order valence-corrected chi connectivity index (χ3v) is 4.99. The molecule has 1 aliphatic heterocycles. The van der Waals surface area contributed by atoms with Gasteiger partial charge in [-0.1, -0.05) is 0 Å². The lowest BCUT2D eigenvalue weighted by atomic mass is 10.1. The fraction of sp³-hybridized carbons (Fsp3) is 0.429. The second-order valence-electron chi connectivity index (χ2n) is 6.81. The Bertz CT molecular complexity index is 723. The lowest BCUT2D eigenvalue weighted by Gasteiger charge is -2.27. The summed E-state index contributed by atoms with van der Waals surface area (Å²) in [5.74, 6) is 0.968. The first-order valence-electron chi connectivity index (χ1n) is 9.46. The van der Waals surface area contributed by atoms with Gasteiger partial charge in [0, 0.05) is 50.7 Å². The van der Waals surface area contributed by atoms with Crippen LogP contribution in [0.5, 0.6) is 0 Å². The van der Waals surface area contributed by atoms with E-state index < -0.39 is 0 Å². The van der Waals surface area contributed by atoms with Crippen molar-refractivity contribution in [1.82, 2.24) is 10.3 Å². The molecule has 1 aromatic carbocycles. The van der Waals surface area contributed by atoms with E-state index in [1.165, 1.54) is 19.3 Å². The Balaban J connectivity index is 1.59. The number of rotatable bonds is 6. The number of benzene rings is 1. The monoisotopic (exact) mass is 352 g/mol. The molecule has 0 atom stereocenters. The Kier molecular flexibility index (Phi) is 6.10. The standard InChI is InChI=1S/C21H28N4O/c1-3-24(2)19-9-7-18(8-10-19)21(26)23-16-17-11-12-22-20(15-17)25-13-5-4-6-14-25/h7-12,15H,3-6,13-14,16H2,1-2H3,(H,23,26). The molecule has 2 aromatic rings. The smallest absolute Gasteiger partial charge is 0.251 e. The van der Waals surface area contributed by atoms with Gasteiger partial charge in [0.2, 0.25) is 0 Å². The van der Waals surface area contributed by atoms with E-state index in [0.29, 0.717) is 12.1 Å². The van der Waals surface area contributed by atoms with Crippen LogP contribution < -0.4 is 15.1 Å². The van der Waals surface area contributed by atoms with Gasteiger partial charge in [0.25, 0.3) is 5.91 Å². The average Bonchev–Trinajstić information content (AvgIpc) is 2.72. The van der Waals surface area contributed by atoms with Crippen molar-refractivity contribution in [1.29, 1.82) is 0 Å². The molecule has 26 heavy (non-hydrogen) atoms. The molecule has 0 saturated carbocycles. The summed E-state index contributed by atoms with van der Waals surface area (Å²) < 4.78 is 0. The summed E-state index contributed by atoms with van der Waals surface area (Å²) in [6.45, 7) is 5.70. The number of anilines is 2. The summed E-state index contributed by atoms with van der Waals surface area (Å²) in [6.07, 6.45) is 5.59. The zero-order chi connectivity index (χ0) is 18.4. The number of nitrogens with one attached hydrogen (secondary N) is 1. The van der Waals surface area contributed by atoms with E-state index >= 15 is 0 Å². The third kappa shape index (κ3) is 4.54. The normalized spacial score (nSPS) is 14.2. The van der Waals surface area contributed by atoms with Gasteiger partial charge >= 0.3 is 0 Å². The maximum Gasteiger partial charge on any atom is 0.251 e. The predicted octanol–water partition coefficient (Wildman–Crippen LogP) is 3.46. The summed E-state index contributed by atoms with van der Waals surface area (Å²) in [5, 5.41) is 3.01. The van der Waals surface area contributed by atoms with Crippen molar-refractivity contribution in [3.8, 4) is 0 Å². The average molecular weight is 352 g/mol. The topological polar surface area (TPSA) is 48.5 Å². The minimum absolute atomic E-state index is 0.0490. The molecule has 138 valence electrons. The van der Waals surface area contributed by atoms with Crippen LogP contribution in [0.1, 0.15) is 42.1 Å². The number of carbonyl (C=O) groups is 1. The van der Waals surface area contributed by atoms with E-state index in [2.05, 4.69) is 33.1 Å². The molecule has 3 rings (SSSR count). The van der Waals surface area contributed by atoms with Crippen LogP contribution in [0.3, 0.4) is 0 Å². The molecule has 1 amide bonds. The Morgan fingerprint density at radius 3 is 2.58 bits per heavy atom. The number of nitrogens with zero attached hydrogens (tertiary/aromatic N) is 3. The SMILES string of the molecule is CCN(C)c1ccc(C(=O)NCc2ccnc(N3CCCCC3)c2)cc1. The van der Waals surface area contributed by atoms with Gasteiger partial charge < -0.3 is 15.1 Å². The molecule has 0 unspecified atom stereocenters. The van der Waals surface area contributed by atoms with E-state index in [-0.39, 0.29) is 5.91 Å². The highest BCUT2D eigenvalue weighted by molar-refractivity contribution is 5.94. The highest BCUT2D eigenvalue weighted by atomic mass is 16.1. The molecule has 5 heteroatoms. The van der Waals surface area contributed by atoms with Gasteiger partial charge in [-0.25, -0.2) is 4.98 Å². The van der Waals surface area contributed by atoms with Crippen molar-refractivity contribution >= 4 is 17.4 Å². The summed E-state index contributed by atoms with van der Waals surface area (Å²) in [6, 6.07) is 11.8. The maximum atomic E-state index is 12.4. The minimum Gasteiger partial charge on any atom is -0.375 e. The number of hydrogen-bond donors (Lipinski definition) is 1. The number of pyridine rings is 1. The van der Waals surface area contributed by atoms with E-state index in [1.807, 2.05) is 43.6 Å². The molecule has 0 aliphatic carbocycles. The van der Waals surface area contributed by atoms with Crippen LogP contribution in [-0.4, -0.2) is 37.6 Å². The van der Waals surface area contributed by atoms with Gasteiger partial charge in [-0.15, -0.1) is 0 Å². The van der Waals surface area contributed by atoms with Gasteiger partial charge in [0.15, 0.2) is 0 Å². The number of piperidine rings is 1. The van der Waals surface area contributed by atoms with E-state index in [9.17, 15) is 4.79 Å². The van der Waals surface area contributed by atoms with Gasteiger partial charge in [-0.05, 0) is 68.1 Å². The highest BCUT2D eigenvalue weighted by Gasteiger charge is 2.12. The lowest BCUT2D eigenvalue weighted by molar-refractivity contribution is 0.0951. The van der Waals surface area contributed by atoms with Crippen molar-refractivity contribution in [3.63, 3.8) is 0 Å². The zero-order valence-corrected chi connectivity index (χ0v) is 15.7. The summed E-state index contributed by atoms with van der Waals surface area (Å²) in [7, 11) is 2.04. The van der Waals surface area contributed by atoms with Gasteiger partial charge in [-0.2, -0.15) is 0 Å². The molecule has 1 aliphatic rings. The Morgan fingerprint density at radius 1 is 1.15 bits per heavy atom. The highest BCUT2D eigenvalue weighted by Crippen LogP contribution is 2.18. The molecule has 2 heterocycles. The molecular weight excluding hydrogens is 324 g/mol.